The van der Waals surface area contributed by atoms with Gasteiger partial charge in [0.25, 0.3) is 0 Å². The molecule has 0 bridgehead atoms. The van der Waals surface area contributed by atoms with Crippen LogP contribution in [0.5, 0.6) is 5.75 Å². The standard InChI is InChI=1S/C9H8N4O3/c14-13(15)12-7-10-6-11-9(12)16-8-4-2-1-3-5-8/h1-7,9H. The van der Waals surface area contributed by atoms with Gasteiger partial charge in [0.15, 0.2) is 11.4 Å². The minimum Gasteiger partial charge on any atom is -0.446 e. The smallest absolute Gasteiger partial charge is 0.331 e. The van der Waals surface area contributed by atoms with Crippen LogP contribution in [0.2, 0.25) is 0 Å². The molecule has 7 heteroatoms. The van der Waals surface area contributed by atoms with Crippen molar-refractivity contribution in [1.29, 1.82) is 0 Å². The molecule has 7 nitrogen and oxygen atoms in total. The Morgan fingerprint density at radius 3 is 2.81 bits per heavy atom. The van der Waals surface area contributed by atoms with Gasteiger partial charge in [-0.05, 0) is 17.1 Å². The van der Waals surface area contributed by atoms with E-state index in [2.05, 4.69) is 9.98 Å². The molecule has 1 atom stereocenters. The number of nitro groups is 1. The SMILES string of the molecule is O=[N+]([O-])N1C=NC=NC1Oc1ccccc1. The number of rotatable bonds is 3. The van der Waals surface area contributed by atoms with Crippen LogP contribution in [0.4, 0.5) is 0 Å². The maximum atomic E-state index is 10.6. The highest BCUT2D eigenvalue weighted by molar-refractivity contribution is 5.72. The lowest BCUT2D eigenvalue weighted by atomic mass is 10.3. The predicted octanol–water partition coefficient (Wildman–Crippen LogP) is 0.913. The summed E-state index contributed by atoms with van der Waals surface area (Å²) in [5.74, 6) is 0.506. The molecule has 1 aromatic carbocycles. The fraction of sp³-hybridized carbons (Fsp3) is 0.111. The molecule has 1 aliphatic rings. The van der Waals surface area contributed by atoms with Gasteiger partial charge in [0.2, 0.25) is 0 Å². The molecule has 1 aromatic rings. The Morgan fingerprint density at radius 2 is 2.12 bits per heavy atom. The first-order valence-corrected chi connectivity index (χ1v) is 4.46. The van der Waals surface area contributed by atoms with Crippen molar-refractivity contribution in [3.63, 3.8) is 0 Å². The zero-order valence-electron chi connectivity index (χ0n) is 8.13. The maximum Gasteiger partial charge on any atom is 0.331 e. The first-order valence-electron chi connectivity index (χ1n) is 4.46. The van der Waals surface area contributed by atoms with Crippen molar-refractivity contribution < 1.29 is 9.77 Å². The van der Waals surface area contributed by atoms with Gasteiger partial charge in [-0.1, -0.05) is 18.2 Å². The summed E-state index contributed by atoms with van der Waals surface area (Å²) in [6, 6.07) is 8.75. The zero-order valence-corrected chi connectivity index (χ0v) is 8.13. The van der Waals surface area contributed by atoms with E-state index in [-0.39, 0.29) is 0 Å². The number of nitrogens with zero attached hydrogens (tertiary/aromatic N) is 4. The second-order valence-electron chi connectivity index (χ2n) is 2.90. The number of para-hydroxylation sites is 1. The van der Waals surface area contributed by atoms with E-state index in [4.69, 9.17) is 4.74 Å². The van der Waals surface area contributed by atoms with E-state index >= 15 is 0 Å². The average Bonchev–Trinajstić information content (AvgIpc) is 2.31. The molecule has 82 valence electrons. The summed E-state index contributed by atoms with van der Waals surface area (Å²) in [4.78, 5) is 18.0. The highest BCUT2D eigenvalue weighted by Crippen LogP contribution is 2.14. The third-order valence-electron chi connectivity index (χ3n) is 1.85. The molecule has 0 N–H and O–H groups in total. The number of hydrogen-bond donors (Lipinski definition) is 0. The van der Waals surface area contributed by atoms with E-state index in [0.29, 0.717) is 10.8 Å². The van der Waals surface area contributed by atoms with Gasteiger partial charge < -0.3 is 4.74 Å². The Bertz CT molecular complexity index is 432. The quantitative estimate of drug-likeness (QED) is 0.560. The van der Waals surface area contributed by atoms with Gasteiger partial charge in [-0.2, -0.15) is 0 Å². The third kappa shape index (κ3) is 2.14. The molecule has 1 unspecified atom stereocenters. The second-order valence-corrected chi connectivity index (χ2v) is 2.90. The van der Waals surface area contributed by atoms with Crippen LogP contribution in [-0.4, -0.2) is 29.1 Å². The molecule has 0 aliphatic carbocycles. The number of benzene rings is 1. The van der Waals surface area contributed by atoms with Crippen molar-refractivity contribution in [1.82, 2.24) is 5.01 Å². The molecule has 0 fully saturated rings. The fourth-order valence-electron chi connectivity index (χ4n) is 1.15. The Hall–Kier alpha value is -2.44. The van der Waals surface area contributed by atoms with Gasteiger partial charge >= 0.3 is 6.35 Å². The maximum absolute atomic E-state index is 10.6. The van der Waals surface area contributed by atoms with Gasteiger partial charge in [0.05, 0.1) is 0 Å². The molecule has 0 spiro atoms. The van der Waals surface area contributed by atoms with Crippen LogP contribution in [0.15, 0.2) is 40.3 Å². The van der Waals surface area contributed by atoms with Crippen molar-refractivity contribution >= 4 is 12.7 Å². The fourth-order valence-corrected chi connectivity index (χ4v) is 1.15. The Kier molecular flexibility index (Phi) is 2.77. The minimum absolute atomic E-state index is 0.506. The predicted molar refractivity (Wildman–Crippen MR) is 56.7 cm³/mol. The van der Waals surface area contributed by atoms with E-state index < -0.39 is 11.4 Å². The molecule has 16 heavy (non-hydrogen) atoms. The second kappa shape index (κ2) is 4.39. The number of hydrazine groups is 1. The highest BCUT2D eigenvalue weighted by atomic mass is 16.7. The summed E-state index contributed by atoms with van der Waals surface area (Å²) < 4.78 is 5.32. The largest absolute Gasteiger partial charge is 0.446 e. The number of aliphatic imine (C=N–C) groups is 2. The lowest BCUT2D eigenvalue weighted by Gasteiger charge is -2.19. The van der Waals surface area contributed by atoms with Gasteiger partial charge in [-0.3, -0.25) is 0 Å². The van der Waals surface area contributed by atoms with Crippen molar-refractivity contribution in [3.8, 4) is 5.75 Å². The summed E-state index contributed by atoms with van der Waals surface area (Å²) in [6.45, 7) is 0. The van der Waals surface area contributed by atoms with Gasteiger partial charge in [0.1, 0.15) is 12.1 Å². The summed E-state index contributed by atoms with van der Waals surface area (Å²) >= 11 is 0. The van der Waals surface area contributed by atoms with E-state index in [0.717, 1.165) is 6.34 Å². The summed E-state index contributed by atoms with van der Waals surface area (Å²) in [5, 5.41) is 10.7. The molecule has 0 amide bonds. The van der Waals surface area contributed by atoms with Crippen LogP contribution in [-0.2, 0) is 0 Å². The lowest BCUT2D eigenvalue weighted by Crippen LogP contribution is -2.42. The molecule has 0 aromatic heterocycles. The van der Waals surface area contributed by atoms with Gasteiger partial charge in [0, 0.05) is 0 Å². The van der Waals surface area contributed by atoms with Gasteiger partial charge in [-0.15, -0.1) is 0 Å². The number of hydrogen-bond acceptors (Lipinski definition) is 5. The molecule has 0 radical (unpaired) electrons. The van der Waals surface area contributed by atoms with Crippen molar-refractivity contribution in [2.24, 2.45) is 9.98 Å². The highest BCUT2D eigenvalue weighted by Gasteiger charge is 2.27. The van der Waals surface area contributed by atoms with Crippen LogP contribution in [0.1, 0.15) is 0 Å². The summed E-state index contributed by atoms with van der Waals surface area (Å²) in [7, 11) is 0. The molecule has 0 saturated carbocycles. The van der Waals surface area contributed by atoms with Crippen LogP contribution in [0, 0.1) is 10.1 Å². The van der Waals surface area contributed by atoms with E-state index in [9.17, 15) is 10.1 Å². The Morgan fingerprint density at radius 1 is 1.38 bits per heavy atom. The van der Waals surface area contributed by atoms with Crippen molar-refractivity contribution in [2.45, 2.75) is 6.35 Å². The summed E-state index contributed by atoms with van der Waals surface area (Å²) in [5.41, 5.74) is 0. The van der Waals surface area contributed by atoms with E-state index in [1.54, 1.807) is 24.3 Å². The molecule has 0 saturated heterocycles. The van der Waals surface area contributed by atoms with Crippen LogP contribution in [0.25, 0.3) is 0 Å². The molecular weight excluding hydrogens is 212 g/mol. The van der Waals surface area contributed by atoms with Crippen LogP contribution >= 0.6 is 0 Å². The third-order valence-corrected chi connectivity index (χ3v) is 1.85. The van der Waals surface area contributed by atoms with Crippen LogP contribution in [0.3, 0.4) is 0 Å². The van der Waals surface area contributed by atoms with Gasteiger partial charge in [-0.25, -0.2) is 20.1 Å². The monoisotopic (exact) mass is 220 g/mol. The zero-order chi connectivity index (χ0) is 11.4. The molecular formula is C9H8N4O3. The number of ether oxygens (including phenoxy) is 1. The van der Waals surface area contributed by atoms with Crippen molar-refractivity contribution in [2.75, 3.05) is 0 Å². The van der Waals surface area contributed by atoms with Crippen molar-refractivity contribution in [3.05, 3.63) is 40.4 Å². The summed E-state index contributed by atoms with van der Waals surface area (Å²) in [6.07, 6.45) is 1.25. The molecule has 1 aliphatic heterocycles. The van der Waals surface area contributed by atoms with E-state index in [1.165, 1.54) is 6.34 Å². The van der Waals surface area contributed by atoms with Crippen LogP contribution < -0.4 is 4.74 Å². The first kappa shape index (κ1) is 10.1. The average molecular weight is 220 g/mol. The topological polar surface area (TPSA) is 80.3 Å². The Labute approximate surface area is 90.8 Å². The molecule has 1 heterocycles. The molecule has 2 rings (SSSR count). The van der Waals surface area contributed by atoms with E-state index in [1.807, 2.05) is 6.07 Å². The minimum atomic E-state index is -1.02. The lowest BCUT2D eigenvalue weighted by molar-refractivity contribution is -0.644. The Balaban J connectivity index is 2.12. The first-order chi connectivity index (χ1) is 7.77. The normalized spacial score (nSPS) is 18.5.